The van der Waals surface area contributed by atoms with Gasteiger partial charge in [-0.15, -0.1) is 0 Å². The second kappa shape index (κ2) is 6.53. The Labute approximate surface area is 128 Å². The molecule has 0 aromatic rings. The lowest BCUT2D eigenvalue weighted by Crippen LogP contribution is -2.63. The Balaban J connectivity index is 1.94. The van der Waals surface area contributed by atoms with Crippen molar-refractivity contribution in [3.8, 4) is 0 Å². The quantitative estimate of drug-likeness (QED) is 0.781. The fraction of sp³-hybridized carbons (Fsp3) is 0.938. The number of ether oxygens (including phenoxy) is 1. The van der Waals surface area contributed by atoms with Gasteiger partial charge in [-0.3, -0.25) is 0 Å². The van der Waals surface area contributed by atoms with E-state index in [0.717, 1.165) is 51.7 Å². The van der Waals surface area contributed by atoms with Crippen LogP contribution in [-0.4, -0.2) is 47.8 Å². The van der Waals surface area contributed by atoms with Crippen LogP contribution in [0, 0.1) is 0 Å². The van der Waals surface area contributed by atoms with Gasteiger partial charge in [0.25, 0.3) is 0 Å². The molecule has 122 valence electrons. The fourth-order valence-corrected chi connectivity index (χ4v) is 3.44. The van der Waals surface area contributed by atoms with Gasteiger partial charge in [-0.2, -0.15) is 0 Å². The maximum absolute atomic E-state index is 12.5. The fourth-order valence-electron chi connectivity index (χ4n) is 3.44. The average molecular weight is 297 g/mol. The van der Waals surface area contributed by atoms with Crippen LogP contribution in [0.3, 0.4) is 0 Å². The highest BCUT2D eigenvalue weighted by atomic mass is 16.6. The smallest absolute Gasteiger partial charge is 0.410 e. The van der Waals surface area contributed by atoms with Gasteiger partial charge in [0.15, 0.2) is 0 Å². The molecule has 0 aromatic carbocycles. The van der Waals surface area contributed by atoms with Crippen LogP contribution >= 0.6 is 0 Å². The first kappa shape index (κ1) is 16.6. The Kier molecular flexibility index (Phi) is 5.15. The number of hydrogen-bond acceptors (Lipinski definition) is 4. The highest BCUT2D eigenvalue weighted by Gasteiger charge is 2.49. The van der Waals surface area contributed by atoms with Gasteiger partial charge in [0, 0.05) is 18.1 Å². The van der Waals surface area contributed by atoms with E-state index in [2.05, 4.69) is 5.32 Å². The van der Waals surface area contributed by atoms with Crippen LogP contribution in [0.4, 0.5) is 4.79 Å². The molecule has 1 atom stereocenters. The summed E-state index contributed by atoms with van der Waals surface area (Å²) in [6, 6.07) is 0.510. The van der Waals surface area contributed by atoms with Crippen molar-refractivity contribution < 1.29 is 9.53 Å². The predicted octanol–water partition coefficient (Wildman–Crippen LogP) is 2.25. The topological polar surface area (TPSA) is 67.6 Å². The highest BCUT2D eigenvalue weighted by Crippen LogP contribution is 2.45. The molecule has 1 aliphatic heterocycles. The number of amides is 1. The summed E-state index contributed by atoms with van der Waals surface area (Å²) in [7, 11) is 0. The lowest BCUT2D eigenvalue weighted by molar-refractivity contribution is -0.0492. The van der Waals surface area contributed by atoms with Crippen molar-refractivity contribution in [3.63, 3.8) is 0 Å². The van der Waals surface area contributed by atoms with E-state index in [1.165, 1.54) is 6.42 Å². The summed E-state index contributed by atoms with van der Waals surface area (Å²) in [6.07, 6.45) is 6.38. The number of carbonyl (C=O) groups is 1. The van der Waals surface area contributed by atoms with Crippen LogP contribution in [0.15, 0.2) is 0 Å². The minimum Gasteiger partial charge on any atom is -0.444 e. The summed E-state index contributed by atoms with van der Waals surface area (Å²) in [5, 5.41) is 3.59. The molecule has 5 heteroatoms. The molecule has 21 heavy (non-hydrogen) atoms. The van der Waals surface area contributed by atoms with Gasteiger partial charge < -0.3 is 20.7 Å². The number of nitrogens with two attached hydrogens (primary N) is 1. The molecule has 1 unspecified atom stereocenters. The largest absolute Gasteiger partial charge is 0.444 e. The van der Waals surface area contributed by atoms with Crippen LogP contribution in [0.5, 0.6) is 0 Å². The second-order valence-electron chi connectivity index (χ2n) is 7.50. The molecule has 1 heterocycles. The minimum absolute atomic E-state index is 0.0426. The molecular weight excluding hydrogens is 266 g/mol. The summed E-state index contributed by atoms with van der Waals surface area (Å²) < 4.78 is 5.59. The SMILES string of the molecule is CC(C)(C)OC(=O)N1CCC(NCCCN)CC12CCC2. The normalized spacial score (nSPS) is 24.8. The number of hydrogen-bond donors (Lipinski definition) is 2. The first-order valence-corrected chi connectivity index (χ1v) is 8.30. The number of piperidine rings is 1. The number of nitrogens with zero attached hydrogens (tertiary/aromatic N) is 1. The summed E-state index contributed by atoms with van der Waals surface area (Å²) in [6.45, 7) is 8.30. The van der Waals surface area contributed by atoms with E-state index in [1.807, 2.05) is 25.7 Å². The number of carbonyl (C=O) groups excluding carboxylic acids is 1. The van der Waals surface area contributed by atoms with E-state index in [4.69, 9.17) is 10.5 Å². The van der Waals surface area contributed by atoms with E-state index < -0.39 is 5.60 Å². The van der Waals surface area contributed by atoms with E-state index in [-0.39, 0.29) is 11.6 Å². The molecule has 1 saturated carbocycles. The third-order valence-corrected chi connectivity index (χ3v) is 4.61. The molecule has 0 bridgehead atoms. The number of nitrogens with one attached hydrogen (secondary N) is 1. The molecule has 2 fully saturated rings. The molecule has 1 saturated heterocycles. The Morgan fingerprint density at radius 1 is 1.43 bits per heavy atom. The molecule has 5 nitrogen and oxygen atoms in total. The monoisotopic (exact) mass is 297 g/mol. The van der Waals surface area contributed by atoms with E-state index in [0.29, 0.717) is 6.04 Å². The third kappa shape index (κ3) is 4.10. The van der Waals surface area contributed by atoms with Crippen LogP contribution in [-0.2, 0) is 4.74 Å². The van der Waals surface area contributed by atoms with Gasteiger partial charge in [0.1, 0.15) is 5.60 Å². The minimum atomic E-state index is -0.418. The van der Waals surface area contributed by atoms with Crippen molar-refractivity contribution >= 4 is 6.09 Å². The molecule has 2 rings (SSSR count). The maximum atomic E-state index is 12.5. The van der Waals surface area contributed by atoms with E-state index >= 15 is 0 Å². The van der Waals surface area contributed by atoms with Gasteiger partial charge in [0.05, 0.1) is 0 Å². The molecule has 1 aliphatic carbocycles. The molecule has 1 amide bonds. The van der Waals surface area contributed by atoms with Gasteiger partial charge >= 0.3 is 6.09 Å². The van der Waals surface area contributed by atoms with Gasteiger partial charge in [0.2, 0.25) is 0 Å². The zero-order chi connectivity index (χ0) is 15.5. The zero-order valence-corrected chi connectivity index (χ0v) is 13.8. The third-order valence-electron chi connectivity index (χ3n) is 4.61. The van der Waals surface area contributed by atoms with Crippen LogP contribution in [0.2, 0.25) is 0 Å². The summed E-state index contributed by atoms with van der Waals surface area (Å²) in [4.78, 5) is 14.5. The first-order chi connectivity index (χ1) is 9.86. The van der Waals surface area contributed by atoms with Crippen molar-refractivity contribution in [2.45, 2.75) is 76.5 Å². The maximum Gasteiger partial charge on any atom is 0.410 e. The molecule has 2 aliphatic rings. The predicted molar refractivity (Wildman–Crippen MR) is 84.2 cm³/mol. The molecule has 1 spiro atoms. The molecule has 3 N–H and O–H groups in total. The van der Waals surface area contributed by atoms with E-state index in [1.54, 1.807) is 0 Å². The summed E-state index contributed by atoms with van der Waals surface area (Å²) >= 11 is 0. The van der Waals surface area contributed by atoms with Crippen molar-refractivity contribution in [2.24, 2.45) is 5.73 Å². The van der Waals surface area contributed by atoms with Crippen molar-refractivity contribution in [1.82, 2.24) is 10.2 Å². The highest BCUT2D eigenvalue weighted by molar-refractivity contribution is 5.69. The van der Waals surface area contributed by atoms with Crippen LogP contribution in [0.25, 0.3) is 0 Å². The van der Waals surface area contributed by atoms with Crippen molar-refractivity contribution in [3.05, 3.63) is 0 Å². The zero-order valence-electron chi connectivity index (χ0n) is 13.8. The average Bonchev–Trinajstić information content (AvgIpc) is 2.35. The first-order valence-electron chi connectivity index (χ1n) is 8.30. The number of rotatable bonds is 4. The van der Waals surface area contributed by atoms with Crippen LogP contribution < -0.4 is 11.1 Å². The second-order valence-corrected chi connectivity index (χ2v) is 7.50. The Bertz CT molecular complexity index is 361. The standard InChI is InChI=1S/C16H31N3O2/c1-15(2,3)21-14(20)19-11-6-13(18-10-5-9-17)12-16(19)7-4-8-16/h13,18H,4-12,17H2,1-3H3. The van der Waals surface area contributed by atoms with Crippen molar-refractivity contribution in [2.75, 3.05) is 19.6 Å². The Hall–Kier alpha value is -0.810. The van der Waals surface area contributed by atoms with Gasteiger partial charge in [-0.05, 0) is 72.4 Å². The lowest BCUT2D eigenvalue weighted by Gasteiger charge is -2.54. The van der Waals surface area contributed by atoms with Gasteiger partial charge in [-0.1, -0.05) is 0 Å². The molecule has 0 radical (unpaired) electrons. The van der Waals surface area contributed by atoms with Crippen molar-refractivity contribution in [1.29, 1.82) is 0 Å². The summed E-state index contributed by atoms with van der Waals surface area (Å²) in [5.41, 5.74) is 5.17. The molecular formula is C16H31N3O2. The Morgan fingerprint density at radius 3 is 2.67 bits per heavy atom. The van der Waals surface area contributed by atoms with E-state index in [9.17, 15) is 4.79 Å². The number of likely N-dealkylation sites (tertiary alicyclic amines) is 1. The Morgan fingerprint density at radius 2 is 2.14 bits per heavy atom. The molecule has 0 aromatic heterocycles. The lowest BCUT2D eigenvalue weighted by atomic mass is 9.69. The van der Waals surface area contributed by atoms with Gasteiger partial charge in [-0.25, -0.2) is 4.79 Å². The van der Waals surface area contributed by atoms with Crippen LogP contribution in [0.1, 0.15) is 59.3 Å². The summed E-state index contributed by atoms with van der Waals surface area (Å²) in [5.74, 6) is 0.